The lowest BCUT2D eigenvalue weighted by Gasteiger charge is -2.14. The van der Waals surface area contributed by atoms with E-state index in [1.807, 2.05) is 0 Å². The Labute approximate surface area is 121 Å². The van der Waals surface area contributed by atoms with Crippen molar-refractivity contribution in [1.29, 1.82) is 0 Å². The molecule has 1 aliphatic heterocycles. The largest absolute Gasteiger partial charge is 0.340 e. The second-order valence-electron chi connectivity index (χ2n) is 4.92. The Morgan fingerprint density at radius 2 is 1.86 bits per heavy atom. The molecule has 0 spiro atoms. The highest BCUT2D eigenvalue weighted by Crippen LogP contribution is 2.17. The fourth-order valence-electron chi connectivity index (χ4n) is 2.31. The van der Waals surface area contributed by atoms with Gasteiger partial charge in [0.15, 0.2) is 0 Å². The number of benzene rings is 1. The number of nitrogens with one attached hydrogen (secondary N) is 1. The van der Waals surface area contributed by atoms with Crippen molar-refractivity contribution in [3.05, 3.63) is 48.2 Å². The Morgan fingerprint density at radius 3 is 2.57 bits per heavy atom. The molecule has 2 aromatic rings. The standard InChI is InChI=1S/C15H15FN4O/c16-11-3-5-12(6-4-11)19-14-9-13(17-10-18-14)15(21)20-7-1-2-8-20/h3-6,9-10H,1-2,7-8H2,(H,17,18,19). The molecule has 1 fully saturated rings. The second kappa shape index (κ2) is 5.87. The van der Waals surface area contributed by atoms with Crippen LogP contribution in [-0.2, 0) is 0 Å². The number of anilines is 2. The van der Waals surface area contributed by atoms with Gasteiger partial charge in [0.05, 0.1) is 0 Å². The Balaban J connectivity index is 1.76. The van der Waals surface area contributed by atoms with Crippen LogP contribution in [0.1, 0.15) is 23.3 Å². The van der Waals surface area contributed by atoms with Gasteiger partial charge in [-0.1, -0.05) is 0 Å². The van der Waals surface area contributed by atoms with Gasteiger partial charge in [-0.3, -0.25) is 4.79 Å². The minimum Gasteiger partial charge on any atom is -0.340 e. The van der Waals surface area contributed by atoms with Crippen LogP contribution in [0, 0.1) is 5.82 Å². The predicted octanol–water partition coefficient (Wildman–Crippen LogP) is 2.60. The van der Waals surface area contributed by atoms with Crippen LogP contribution in [-0.4, -0.2) is 33.9 Å². The van der Waals surface area contributed by atoms with E-state index in [4.69, 9.17) is 0 Å². The van der Waals surface area contributed by atoms with Crippen molar-refractivity contribution in [2.24, 2.45) is 0 Å². The monoisotopic (exact) mass is 286 g/mol. The number of carbonyl (C=O) groups excluding carboxylic acids is 1. The summed E-state index contributed by atoms with van der Waals surface area (Å²) in [6, 6.07) is 7.56. The third kappa shape index (κ3) is 3.16. The van der Waals surface area contributed by atoms with Crippen LogP contribution >= 0.6 is 0 Å². The maximum absolute atomic E-state index is 12.9. The molecule has 2 heterocycles. The molecule has 1 N–H and O–H groups in total. The maximum atomic E-state index is 12.9. The van der Waals surface area contributed by atoms with Crippen molar-refractivity contribution in [3.63, 3.8) is 0 Å². The van der Waals surface area contributed by atoms with Gasteiger partial charge in [0.25, 0.3) is 5.91 Å². The van der Waals surface area contributed by atoms with E-state index in [1.54, 1.807) is 23.1 Å². The van der Waals surface area contributed by atoms with Gasteiger partial charge in [0, 0.05) is 24.8 Å². The van der Waals surface area contributed by atoms with Crippen LogP contribution in [0.15, 0.2) is 36.7 Å². The van der Waals surface area contributed by atoms with Gasteiger partial charge in [-0.25, -0.2) is 14.4 Å². The molecule has 108 valence electrons. The molecule has 1 amide bonds. The lowest BCUT2D eigenvalue weighted by molar-refractivity contribution is 0.0787. The fraction of sp³-hybridized carbons (Fsp3) is 0.267. The third-order valence-corrected chi connectivity index (χ3v) is 3.40. The van der Waals surface area contributed by atoms with E-state index in [9.17, 15) is 9.18 Å². The van der Waals surface area contributed by atoms with Gasteiger partial charge in [0.2, 0.25) is 0 Å². The fourth-order valence-corrected chi connectivity index (χ4v) is 2.31. The minimum absolute atomic E-state index is 0.0722. The average Bonchev–Trinajstić information content (AvgIpc) is 3.03. The second-order valence-corrected chi connectivity index (χ2v) is 4.92. The first-order chi connectivity index (χ1) is 10.2. The number of carbonyl (C=O) groups is 1. The summed E-state index contributed by atoms with van der Waals surface area (Å²) >= 11 is 0. The van der Waals surface area contributed by atoms with Crippen LogP contribution < -0.4 is 5.32 Å². The number of likely N-dealkylation sites (tertiary alicyclic amines) is 1. The van der Waals surface area contributed by atoms with Crippen LogP contribution in [0.5, 0.6) is 0 Å². The van der Waals surface area contributed by atoms with Gasteiger partial charge >= 0.3 is 0 Å². The molecule has 1 saturated heterocycles. The van der Waals surface area contributed by atoms with Crippen LogP contribution in [0.3, 0.4) is 0 Å². The number of nitrogens with zero attached hydrogens (tertiary/aromatic N) is 3. The molecule has 21 heavy (non-hydrogen) atoms. The molecule has 3 rings (SSSR count). The zero-order valence-electron chi connectivity index (χ0n) is 11.4. The van der Waals surface area contributed by atoms with Gasteiger partial charge in [-0.15, -0.1) is 0 Å². The minimum atomic E-state index is -0.298. The lowest BCUT2D eigenvalue weighted by Crippen LogP contribution is -2.28. The van der Waals surface area contributed by atoms with E-state index in [0.29, 0.717) is 17.2 Å². The third-order valence-electron chi connectivity index (χ3n) is 3.40. The van der Waals surface area contributed by atoms with Crippen molar-refractivity contribution in [2.75, 3.05) is 18.4 Å². The van der Waals surface area contributed by atoms with Gasteiger partial charge < -0.3 is 10.2 Å². The van der Waals surface area contributed by atoms with Gasteiger partial charge in [-0.2, -0.15) is 0 Å². The van der Waals surface area contributed by atoms with Crippen LogP contribution in [0.2, 0.25) is 0 Å². The molecular formula is C15H15FN4O. The summed E-state index contributed by atoms with van der Waals surface area (Å²) in [6.45, 7) is 1.56. The summed E-state index contributed by atoms with van der Waals surface area (Å²) in [7, 11) is 0. The Bertz CT molecular complexity index is 638. The summed E-state index contributed by atoms with van der Waals surface area (Å²) < 4.78 is 12.9. The Morgan fingerprint density at radius 1 is 1.14 bits per heavy atom. The lowest BCUT2D eigenvalue weighted by atomic mass is 10.3. The van der Waals surface area contributed by atoms with Crippen molar-refractivity contribution in [2.45, 2.75) is 12.8 Å². The molecule has 1 aliphatic rings. The molecule has 1 aromatic heterocycles. The first-order valence-electron chi connectivity index (χ1n) is 6.86. The smallest absolute Gasteiger partial charge is 0.272 e. The summed E-state index contributed by atoms with van der Waals surface area (Å²) in [6.07, 6.45) is 3.43. The number of amides is 1. The Hall–Kier alpha value is -2.50. The molecule has 0 aliphatic carbocycles. The molecule has 0 bridgehead atoms. The van der Waals surface area contributed by atoms with E-state index in [0.717, 1.165) is 25.9 Å². The quantitative estimate of drug-likeness (QED) is 0.942. The number of aromatic nitrogens is 2. The van der Waals surface area contributed by atoms with Crippen molar-refractivity contribution in [3.8, 4) is 0 Å². The number of hydrogen-bond donors (Lipinski definition) is 1. The topological polar surface area (TPSA) is 58.1 Å². The SMILES string of the molecule is O=C(c1cc(Nc2ccc(F)cc2)ncn1)N1CCCC1. The highest BCUT2D eigenvalue weighted by molar-refractivity contribution is 5.93. The molecule has 0 atom stereocenters. The molecule has 0 saturated carbocycles. The summed E-state index contributed by atoms with van der Waals surface area (Å²) in [5.41, 5.74) is 1.08. The molecule has 1 aromatic carbocycles. The first kappa shape index (κ1) is 13.5. The van der Waals surface area contributed by atoms with E-state index in [1.165, 1.54) is 18.5 Å². The molecule has 6 heteroatoms. The van der Waals surface area contributed by atoms with E-state index in [-0.39, 0.29) is 11.7 Å². The highest BCUT2D eigenvalue weighted by Gasteiger charge is 2.20. The first-order valence-corrected chi connectivity index (χ1v) is 6.86. The normalized spacial score (nSPS) is 14.2. The molecule has 0 radical (unpaired) electrons. The Kier molecular flexibility index (Phi) is 3.77. The average molecular weight is 286 g/mol. The van der Waals surface area contributed by atoms with Gasteiger partial charge in [0.1, 0.15) is 23.7 Å². The maximum Gasteiger partial charge on any atom is 0.272 e. The van der Waals surface area contributed by atoms with E-state index >= 15 is 0 Å². The predicted molar refractivity (Wildman–Crippen MR) is 76.9 cm³/mol. The van der Waals surface area contributed by atoms with E-state index in [2.05, 4.69) is 15.3 Å². The molecule has 0 unspecified atom stereocenters. The summed E-state index contributed by atoms with van der Waals surface area (Å²) in [5, 5.41) is 3.03. The summed E-state index contributed by atoms with van der Waals surface area (Å²) in [4.78, 5) is 22.2. The van der Waals surface area contributed by atoms with Crippen LogP contribution in [0.4, 0.5) is 15.9 Å². The molecule has 5 nitrogen and oxygen atoms in total. The molecular weight excluding hydrogens is 271 g/mol. The van der Waals surface area contributed by atoms with Crippen LogP contribution in [0.25, 0.3) is 0 Å². The summed E-state index contributed by atoms with van der Waals surface area (Å²) in [5.74, 6) is 0.143. The highest BCUT2D eigenvalue weighted by atomic mass is 19.1. The number of hydrogen-bond acceptors (Lipinski definition) is 4. The van der Waals surface area contributed by atoms with Crippen molar-refractivity contribution in [1.82, 2.24) is 14.9 Å². The zero-order valence-corrected chi connectivity index (χ0v) is 11.4. The van der Waals surface area contributed by atoms with E-state index < -0.39 is 0 Å². The van der Waals surface area contributed by atoms with Crippen molar-refractivity contribution < 1.29 is 9.18 Å². The van der Waals surface area contributed by atoms with Crippen molar-refractivity contribution >= 4 is 17.4 Å². The number of rotatable bonds is 3. The number of halogens is 1. The van der Waals surface area contributed by atoms with Gasteiger partial charge in [-0.05, 0) is 37.1 Å². The zero-order chi connectivity index (χ0) is 14.7.